The first kappa shape index (κ1) is 15.3. The summed E-state index contributed by atoms with van der Waals surface area (Å²) in [5.74, 6) is 1.18. The number of rotatable bonds is 4. The third-order valence-electron chi connectivity index (χ3n) is 3.01. The number of amides is 1. The average molecular weight is 327 g/mol. The van der Waals surface area contributed by atoms with E-state index in [1.165, 1.54) is 18.0 Å². The molecular formula is C15H13N5O4. The van der Waals surface area contributed by atoms with E-state index in [9.17, 15) is 9.59 Å². The Labute approximate surface area is 135 Å². The van der Waals surface area contributed by atoms with Crippen molar-refractivity contribution in [2.75, 3.05) is 12.4 Å². The second-order valence-electron chi connectivity index (χ2n) is 4.59. The molecule has 2 heterocycles. The fourth-order valence-corrected chi connectivity index (χ4v) is 1.87. The Balaban J connectivity index is 1.68. The van der Waals surface area contributed by atoms with Crippen molar-refractivity contribution in [1.29, 1.82) is 0 Å². The number of ether oxygens (including phenoxy) is 2. The van der Waals surface area contributed by atoms with Crippen LogP contribution in [0.5, 0.6) is 11.5 Å². The molecule has 0 aliphatic rings. The lowest BCUT2D eigenvalue weighted by molar-refractivity contribution is 0.215. The van der Waals surface area contributed by atoms with Crippen molar-refractivity contribution in [3.05, 3.63) is 59.3 Å². The number of hydrogen-bond donors (Lipinski definition) is 2. The summed E-state index contributed by atoms with van der Waals surface area (Å²) >= 11 is 0. The van der Waals surface area contributed by atoms with E-state index in [0.717, 1.165) is 0 Å². The number of benzene rings is 1. The summed E-state index contributed by atoms with van der Waals surface area (Å²) in [6, 6.07) is 8.13. The van der Waals surface area contributed by atoms with Crippen LogP contribution in [0.1, 0.15) is 0 Å². The van der Waals surface area contributed by atoms with Crippen molar-refractivity contribution in [2.45, 2.75) is 0 Å². The van der Waals surface area contributed by atoms with Crippen molar-refractivity contribution in [3.63, 3.8) is 0 Å². The van der Waals surface area contributed by atoms with Crippen molar-refractivity contribution in [2.24, 2.45) is 0 Å². The number of methoxy groups -OCH3 is 1. The maximum Gasteiger partial charge on any atom is 0.417 e. The number of hydrogen-bond acceptors (Lipinski definition) is 6. The van der Waals surface area contributed by atoms with Crippen LogP contribution in [0, 0.1) is 0 Å². The number of H-pyrrole nitrogens is 1. The third kappa shape index (κ3) is 3.40. The Morgan fingerprint density at radius 3 is 2.62 bits per heavy atom. The topological polar surface area (TPSA) is 111 Å². The largest absolute Gasteiger partial charge is 0.497 e. The molecule has 0 unspecified atom stereocenters. The lowest BCUT2D eigenvalue weighted by atomic mass is 10.3. The number of aromatic nitrogens is 4. The lowest BCUT2D eigenvalue weighted by Crippen LogP contribution is -2.24. The average Bonchev–Trinajstić information content (AvgIpc) is 3.12. The van der Waals surface area contributed by atoms with Crippen LogP contribution in [0.25, 0.3) is 5.95 Å². The fraction of sp³-hybridized carbons (Fsp3) is 0.0667. The van der Waals surface area contributed by atoms with Crippen molar-refractivity contribution >= 4 is 11.8 Å². The van der Waals surface area contributed by atoms with Crippen molar-refractivity contribution in [3.8, 4) is 17.4 Å². The zero-order chi connectivity index (χ0) is 16.9. The van der Waals surface area contributed by atoms with Gasteiger partial charge in [-0.05, 0) is 30.3 Å². The number of anilines is 1. The molecule has 0 fully saturated rings. The second-order valence-corrected chi connectivity index (χ2v) is 4.59. The summed E-state index contributed by atoms with van der Waals surface area (Å²) in [4.78, 5) is 30.4. The summed E-state index contributed by atoms with van der Waals surface area (Å²) in [7, 11) is 1.54. The Morgan fingerprint density at radius 2 is 2.00 bits per heavy atom. The van der Waals surface area contributed by atoms with Crippen LogP contribution in [0.4, 0.5) is 10.5 Å². The van der Waals surface area contributed by atoms with Gasteiger partial charge in [-0.1, -0.05) is 0 Å². The molecule has 0 aliphatic heterocycles. The highest BCUT2D eigenvalue weighted by Gasteiger charge is 2.10. The molecule has 0 aliphatic carbocycles. The van der Waals surface area contributed by atoms with Crippen molar-refractivity contribution < 1.29 is 14.3 Å². The van der Waals surface area contributed by atoms with Gasteiger partial charge in [-0.3, -0.25) is 15.1 Å². The molecule has 0 saturated heterocycles. The van der Waals surface area contributed by atoms with Crippen molar-refractivity contribution in [1.82, 2.24) is 19.7 Å². The fourth-order valence-electron chi connectivity index (χ4n) is 1.87. The number of nitrogens with zero attached hydrogens (tertiary/aromatic N) is 3. The SMILES string of the molecule is COc1ccc(OC(=O)Nc2cnc(-n3cccn3)[nH]c2=O)cc1. The molecule has 9 heteroatoms. The van der Waals surface area contributed by atoms with Crippen LogP contribution in [-0.4, -0.2) is 33.0 Å². The Hall–Kier alpha value is -3.62. The Kier molecular flexibility index (Phi) is 4.23. The molecule has 0 bridgehead atoms. The number of aromatic amines is 1. The molecule has 0 spiro atoms. The first-order chi connectivity index (χ1) is 11.7. The molecule has 2 N–H and O–H groups in total. The maximum atomic E-state index is 12.0. The molecule has 3 rings (SSSR count). The van der Waals surface area contributed by atoms with Gasteiger partial charge in [0.05, 0.1) is 13.3 Å². The molecule has 1 amide bonds. The minimum absolute atomic E-state index is 0.0376. The van der Waals surface area contributed by atoms with E-state index in [0.29, 0.717) is 11.5 Å². The molecule has 9 nitrogen and oxygen atoms in total. The Morgan fingerprint density at radius 1 is 1.25 bits per heavy atom. The minimum atomic E-state index is -0.806. The van der Waals surface area contributed by atoms with Gasteiger partial charge >= 0.3 is 6.09 Å². The van der Waals surface area contributed by atoms with Gasteiger partial charge in [0.25, 0.3) is 5.56 Å². The minimum Gasteiger partial charge on any atom is -0.497 e. The second kappa shape index (κ2) is 6.65. The number of carbonyl (C=O) groups is 1. The lowest BCUT2D eigenvalue weighted by Gasteiger charge is -2.07. The summed E-state index contributed by atoms with van der Waals surface area (Å²) in [6.07, 6.45) is 3.60. The van der Waals surface area contributed by atoms with Gasteiger partial charge < -0.3 is 9.47 Å². The molecule has 2 aromatic heterocycles. The quantitative estimate of drug-likeness (QED) is 0.752. The first-order valence-electron chi connectivity index (χ1n) is 6.88. The zero-order valence-corrected chi connectivity index (χ0v) is 12.6. The van der Waals surface area contributed by atoms with Crippen LogP contribution in [0.2, 0.25) is 0 Å². The van der Waals surface area contributed by atoms with Gasteiger partial charge in [0.2, 0.25) is 5.95 Å². The van der Waals surface area contributed by atoms with E-state index in [-0.39, 0.29) is 11.6 Å². The summed E-state index contributed by atoms with van der Waals surface area (Å²) < 4.78 is 11.5. The van der Waals surface area contributed by atoms with Gasteiger partial charge in [-0.15, -0.1) is 0 Å². The van der Waals surface area contributed by atoms with Gasteiger partial charge in [-0.25, -0.2) is 14.5 Å². The van der Waals surface area contributed by atoms with Crippen LogP contribution >= 0.6 is 0 Å². The Bertz CT molecular complexity index is 887. The van der Waals surface area contributed by atoms with Gasteiger partial charge in [0.15, 0.2) is 0 Å². The maximum absolute atomic E-state index is 12.0. The number of carbonyl (C=O) groups excluding carboxylic acids is 1. The van der Waals surface area contributed by atoms with E-state index in [1.807, 2.05) is 0 Å². The normalized spacial score (nSPS) is 10.2. The highest BCUT2D eigenvalue weighted by atomic mass is 16.6. The highest BCUT2D eigenvalue weighted by molar-refractivity contribution is 5.85. The van der Waals surface area contributed by atoms with E-state index >= 15 is 0 Å². The first-order valence-corrected chi connectivity index (χ1v) is 6.88. The third-order valence-corrected chi connectivity index (χ3v) is 3.01. The van der Waals surface area contributed by atoms with E-state index in [2.05, 4.69) is 20.4 Å². The molecule has 0 atom stereocenters. The summed E-state index contributed by atoms with van der Waals surface area (Å²) in [6.45, 7) is 0. The van der Waals surface area contributed by atoms with E-state index in [1.54, 1.807) is 42.7 Å². The number of nitrogens with one attached hydrogen (secondary N) is 2. The van der Waals surface area contributed by atoms with Gasteiger partial charge in [0.1, 0.15) is 17.2 Å². The monoisotopic (exact) mass is 327 g/mol. The summed E-state index contributed by atoms with van der Waals surface area (Å²) in [5, 5.41) is 6.28. The van der Waals surface area contributed by atoms with Gasteiger partial charge in [-0.2, -0.15) is 5.10 Å². The molecule has 1 aromatic carbocycles. The van der Waals surface area contributed by atoms with Crippen LogP contribution in [0.3, 0.4) is 0 Å². The van der Waals surface area contributed by atoms with Crippen LogP contribution in [0.15, 0.2) is 53.7 Å². The van der Waals surface area contributed by atoms with E-state index < -0.39 is 11.7 Å². The molecule has 0 radical (unpaired) electrons. The zero-order valence-electron chi connectivity index (χ0n) is 12.6. The molecule has 122 valence electrons. The van der Waals surface area contributed by atoms with Crippen LogP contribution < -0.4 is 20.3 Å². The predicted molar refractivity (Wildman–Crippen MR) is 84.6 cm³/mol. The predicted octanol–water partition coefficient (Wildman–Crippen LogP) is 1.58. The van der Waals surface area contributed by atoms with Gasteiger partial charge in [0, 0.05) is 12.4 Å². The smallest absolute Gasteiger partial charge is 0.417 e. The molecule has 0 saturated carbocycles. The molecule has 24 heavy (non-hydrogen) atoms. The standard InChI is InChI=1S/C15H13N5O4/c1-23-10-3-5-11(6-4-10)24-15(22)18-12-9-16-14(19-13(12)21)20-8-2-7-17-20/h2-9H,1H3,(H,18,22)(H,16,19,21). The van der Waals surface area contributed by atoms with E-state index in [4.69, 9.17) is 9.47 Å². The van der Waals surface area contributed by atoms with Crippen LogP contribution in [-0.2, 0) is 0 Å². The molecular weight excluding hydrogens is 314 g/mol. The molecule has 3 aromatic rings. The summed E-state index contributed by atoms with van der Waals surface area (Å²) in [5.41, 5.74) is -0.563. The highest BCUT2D eigenvalue weighted by Crippen LogP contribution is 2.17.